The zero-order valence-corrected chi connectivity index (χ0v) is 29.1. The van der Waals surface area contributed by atoms with E-state index in [4.69, 9.17) is 0 Å². The number of carbonyl (C=O) groups excluding carboxylic acids is 5. The minimum Gasteiger partial charge on any atom is -0.391 e. The van der Waals surface area contributed by atoms with E-state index in [1.807, 2.05) is 44.2 Å². The van der Waals surface area contributed by atoms with Gasteiger partial charge < -0.3 is 31.3 Å². The van der Waals surface area contributed by atoms with Gasteiger partial charge in [-0.1, -0.05) is 50.6 Å². The molecule has 4 heterocycles. The summed E-state index contributed by atoms with van der Waals surface area (Å²) in [4.78, 5) is 78.9. The molecular formula is C33H43N7O6S2. The number of fused-ring (bicyclic) bond motifs is 4. The van der Waals surface area contributed by atoms with Crippen LogP contribution in [0.2, 0.25) is 0 Å². The van der Waals surface area contributed by atoms with Crippen molar-refractivity contribution in [2.45, 2.75) is 95.7 Å². The molecule has 1 aromatic carbocycles. The van der Waals surface area contributed by atoms with Gasteiger partial charge in [-0.3, -0.25) is 29.0 Å². The Kier molecular flexibility index (Phi) is 11.5. The van der Waals surface area contributed by atoms with E-state index in [-0.39, 0.29) is 30.5 Å². The number of aliphatic imine (C=N–C) groups is 1. The Bertz CT molecular complexity index is 1550. The number of aliphatic hydroxyl groups is 1. The Hall–Kier alpha value is -3.82. The van der Waals surface area contributed by atoms with Crippen LogP contribution in [0.3, 0.4) is 0 Å². The second kappa shape index (κ2) is 15.6. The van der Waals surface area contributed by atoms with Crippen LogP contribution in [0.4, 0.5) is 0 Å². The quantitative estimate of drug-likeness (QED) is 0.312. The fraction of sp³-hybridized carbons (Fsp3) is 0.545. The van der Waals surface area contributed by atoms with Crippen LogP contribution in [0.15, 0.2) is 40.7 Å². The minimum atomic E-state index is -1.30. The lowest BCUT2D eigenvalue weighted by Gasteiger charge is -2.31. The highest BCUT2D eigenvalue weighted by atomic mass is 32.2. The van der Waals surface area contributed by atoms with Crippen molar-refractivity contribution < 1.29 is 29.1 Å². The van der Waals surface area contributed by atoms with Crippen LogP contribution >= 0.6 is 23.1 Å². The summed E-state index contributed by atoms with van der Waals surface area (Å²) in [6.07, 6.45) is 0.541. The molecule has 1 aromatic heterocycles. The van der Waals surface area contributed by atoms with Crippen molar-refractivity contribution in [3.05, 3.63) is 52.0 Å². The first-order valence-electron chi connectivity index (χ1n) is 16.4. The van der Waals surface area contributed by atoms with E-state index < -0.39 is 66.0 Å². The third-order valence-corrected chi connectivity index (χ3v) is 11.2. The van der Waals surface area contributed by atoms with Gasteiger partial charge in [-0.2, -0.15) is 0 Å². The third kappa shape index (κ3) is 8.06. The van der Waals surface area contributed by atoms with Gasteiger partial charge in [0.15, 0.2) is 0 Å². The summed E-state index contributed by atoms with van der Waals surface area (Å²) in [7, 11) is 0. The molecule has 0 spiro atoms. The van der Waals surface area contributed by atoms with Gasteiger partial charge in [0.25, 0.3) is 5.91 Å². The topological polar surface area (TPSA) is 182 Å². The molecule has 1 fully saturated rings. The normalized spacial score (nSPS) is 28.6. The van der Waals surface area contributed by atoms with E-state index in [0.29, 0.717) is 35.1 Å². The molecular weight excluding hydrogens is 655 g/mol. The Morgan fingerprint density at radius 3 is 2.42 bits per heavy atom. The van der Waals surface area contributed by atoms with Crippen molar-refractivity contribution in [2.75, 3.05) is 12.3 Å². The number of aromatic nitrogens is 1. The van der Waals surface area contributed by atoms with E-state index in [1.165, 1.54) is 34.9 Å². The molecule has 13 nitrogen and oxygen atoms in total. The van der Waals surface area contributed by atoms with Gasteiger partial charge in [0, 0.05) is 24.1 Å². The van der Waals surface area contributed by atoms with Crippen LogP contribution in [0, 0.1) is 5.92 Å². The van der Waals surface area contributed by atoms with Crippen LogP contribution in [0.5, 0.6) is 0 Å². The van der Waals surface area contributed by atoms with Crippen molar-refractivity contribution in [2.24, 2.45) is 10.9 Å². The summed E-state index contributed by atoms with van der Waals surface area (Å²) in [6.45, 7) is 7.42. The summed E-state index contributed by atoms with van der Waals surface area (Å²) in [6, 6.07) is 4.28. The van der Waals surface area contributed by atoms with E-state index in [9.17, 15) is 29.1 Å². The van der Waals surface area contributed by atoms with Crippen molar-refractivity contribution in [3.63, 3.8) is 0 Å². The highest BCUT2D eigenvalue weighted by Crippen LogP contribution is 2.27. The second-order valence-electron chi connectivity index (χ2n) is 12.6. The van der Waals surface area contributed by atoms with Crippen LogP contribution in [0.25, 0.3) is 0 Å². The predicted molar refractivity (Wildman–Crippen MR) is 183 cm³/mol. The zero-order valence-electron chi connectivity index (χ0n) is 27.5. The predicted octanol–water partition coefficient (Wildman–Crippen LogP) is 1.58. The maximum atomic E-state index is 14.1. The van der Waals surface area contributed by atoms with E-state index >= 15 is 0 Å². The van der Waals surface area contributed by atoms with Gasteiger partial charge >= 0.3 is 0 Å². The molecule has 5 N–H and O–H groups in total. The van der Waals surface area contributed by atoms with Crippen LogP contribution < -0.4 is 21.3 Å². The number of hydrogen-bond acceptors (Lipinski definition) is 10. The molecule has 0 saturated carbocycles. The Morgan fingerprint density at radius 1 is 0.979 bits per heavy atom. The fourth-order valence-electron chi connectivity index (χ4n) is 6.03. The number of aliphatic hydroxyl groups excluding tert-OH is 1. The van der Waals surface area contributed by atoms with Crippen molar-refractivity contribution in [1.29, 1.82) is 0 Å². The van der Waals surface area contributed by atoms with Crippen LogP contribution in [-0.4, -0.2) is 98.2 Å². The molecule has 48 heavy (non-hydrogen) atoms. The molecule has 15 heteroatoms. The summed E-state index contributed by atoms with van der Waals surface area (Å²) < 4.78 is 0. The molecule has 258 valence electrons. The highest BCUT2D eigenvalue weighted by molar-refractivity contribution is 8.14. The average molecular weight is 698 g/mol. The monoisotopic (exact) mass is 697 g/mol. The molecule has 5 rings (SSSR count). The minimum absolute atomic E-state index is 0.0591. The van der Waals surface area contributed by atoms with Gasteiger partial charge in [0.1, 0.15) is 34.9 Å². The molecule has 8 atom stereocenters. The van der Waals surface area contributed by atoms with Crippen LogP contribution in [-0.2, 0) is 25.6 Å². The maximum Gasteiger partial charge on any atom is 0.271 e. The summed E-state index contributed by atoms with van der Waals surface area (Å²) in [5.41, 5.74) is 0.927. The number of nitrogens with one attached hydrogen (secondary N) is 4. The smallest absolute Gasteiger partial charge is 0.271 e. The van der Waals surface area contributed by atoms with Crippen molar-refractivity contribution >= 4 is 57.7 Å². The number of rotatable bonds is 5. The van der Waals surface area contributed by atoms with E-state index in [0.717, 1.165) is 5.56 Å². The fourth-order valence-corrected chi connectivity index (χ4v) is 8.06. The van der Waals surface area contributed by atoms with E-state index in [1.54, 1.807) is 12.3 Å². The molecule has 5 amide bonds. The summed E-state index contributed by atoms with van der Waals surface area (Å²) in [5, 5.41) is 24.8. The number of benzene rings is 1. The number of amides is 5. The first kappa shape index (κ1) is 35.5. The lowest BCUT2D eigenvalue weighted by Crippen LogP contribution is -2.60. The number of thiazole rings is 1. The molecule has 1 saturated heterocycles. The average Bonchev–Trinajstić information content (AvgIpc) is 3.86. The lowest BCUT2D eigenvalue weighted by molar-refractivity contribution is -0.141. The highest BCUT2D eigenvalue weighted by Gasteiger charge is 2.41. The molecule has 0 aliphatic carbocycles. The molecule has 2 aromatic rings. The number of carbonyl (C=O) groups is 5. The molecule has 4 bridgehead atoms. The first-order chi connectivity index (χ1) is 23.0. The van der Waals surface area contributed by atoms with Gasteiger partial charge in [0.05, 0.1) is 23.2 Å². The molecule has 7 unspecified atom stereocenters. The van der Waals surface area contributed by atoms with Crippen LogP contribution in [0.1, 0.15) is 74.1 Å². The number of nitrogens with zero attached hydrogens (tertiary/aromatic N) is 3. The van der Waals surface area contributed by atoms with Gasteiger partial charge in [0.2, 0.25) is 23.6 Å². The largest absolute Gasteiger partial charge is 0.391 e. The molecule has 3 aliphatic heterocycles. The molecule has 0 radical (unpaired) electrons. The number of hydrogen-bond donors (Lipinski definition) is 5. The SMILES string of the molecule is CCC(C)[C@H]1NC(=O)C(C(C)O)NC(=O)C2CCCN2C(=O)C(Cc2ccccc2)NC(=O)c2csc(n2)C(C)NC(=O)C2CSC1=N2. The van der Waals surface area contributed by atoms with Gasteiger partial charge in [-0.25, -0.2) is 4.98 Å². The maximum absolute atomic E-state index is 14.1. The summed E-state index contributed by atoms with van der Waals surface area (Å²) >= 11 is 2.61. The standard InChI is InChI=1S/C33H43N7O6S2/c1-5-17(2)25-32-37-22(16-48-32)27(42)34-18(3)31-36-23(15-47-31)28(43)35-21(14-20-10-7-6-8-11-20)33(46)40-13-9-12-24(40)29(44)39-26(19(4)41)30(45)38-25/h6-8,10-11,15,17-19,21-22,24-26,41H,5,9,12-14,16H2,1-4H3,(H,34,42)(H,35,43)(H,38,45)(H,39,44)/t17?,18?,19?,21?,22?,24?,25-,26?/m1/s1. The Balaban J connectivity index is 1.50. The first-order valence-corrected chi connectivity index (χ1v) is 18.2. The van der Waals surface area contributed by atoms with Crippen molar-refractivity contribution in [3.8, 4) is 0 Å². The zero-order chi connectivity index (χ0) is 34.5. The van der Waals surface area contributed by atoms with E-state index in [2.05, 4.69) is 31.2 Å². The lowest BCUT2D eigenvalue weighted by atomic mass is 9.99. The second-order valence-corrected chi connectivity index (χ2v) is 14.5. The number of thioether (sulfide) groups is 1. The Labute approximate surface area is 288 Å². The third-order valence-electron chi connectivity index (χ3n) is 9.02. The molecule has 3 aliphatic rings. The Morgan fingerprint density at radius 2 is 1.71 bits per heavy atom. The summed E-state index contributed by atoms with van der Waals surface area (Å²) in [5.74, 6) is -2.14. The van der Waals surface area contributed by atoms with Gasteiger partial charge in [-0.15, -0.1) is 23.1 Å². The van der Waals surface area contributed by atoms with Crippen molar-refractivity contribution in [1.82, 2.24) is 31.2 Å². The van der Waals surface area contributed by atoms with Gasteiger partial charge in [-0.05, 0) is 38.2 Å².